The first kappa shape index (κ1) is 10.7. The fourth-order valence-electron chi connectivity index (χ4n) is 3.04. The van der Waals surface area contributed by atoms with Crippen molar-refractivity contribution in [2.45, 2.75) is 37.2 Å². The van der Waals surface area contributed by atoms with Gasteiger partial charge in [0.2, 0.25) is 0 Å². The van der Waals surface area contributed by atoms with Crippen molar-refractivity contribution in [1.82, 2.24) is 0 Å². The Morgan fingerprint density at radius 2 is 2.38 bits per heavy atom. The second kappa shape index (κ2) is 4.12. The molecule has 3 aliphatic heterocycles. The average Bonchev–Trinajstić information content (AvgIpc) is 2.91. The van der Waals surface area contributed by atoms with E-state index in [9.17, 15) is 4.79 Å². The van der Waals surface area contributed by atoms with Gasteiger partial charge in [-0.2, -0.15) is 0 Å². The summed E-state index contributed by atoms with van der Waals surface area (Å²) in [7, 11) is 3.41. The van der Waals surface area contributed by atoms with Gasteiger partial charge in [-0.05, 0) is 6.42 Å². The van der Waals surface area contributed by atoms with E-state index in [4.69, 9.17) is 14.2 Å². The summed E-state index contributed by atoms with van der Waals surface area (Å²) < 4.78 is 16.7. The predicted octanol–water partition coefficient (Wildman–Crippen LogP) is 0.309. The minimum Gasteiger partial charge on any atom is -0.465 e. The van der Waals surface area contributed by atoms with Crippen LogP contribution in [-0.2, 0) is 19.0 Å². The van der Waals surface area contributed by atoms with Gasteiger partial charge in [-0.1, -0.05) is 6.04 Å². The van der Waals surface area contributed by atoms with Crippen LogP contribution in [0.15, 0.2) is 0 Å². The molecule has 0 aromatic heterocycles. The molecule has 0 amide bonds. The van der Waals surface area contributed by atoms with Crippen LogP contribution in [0.25, 0.3) is 0 Å². The maximum absolute atomic E-state index is 11.6. The van der Waals surface area contributed by atoms with Crippen molar-refractivity contribution in [1.29, 1.82) is 0 Å². The largest absolute Gasteiger partial charge is 0.465 e. The molecule has 5 atom stereocenters. The molecule has 87 valence electrons. The molecule has 3 saturated heterocycles. The topological polar surface area (TPSA) is 44.8 Å². The van der Waals surface area contributed by atoms with Crippen LogP contribution in [0.2, 0.25) is 6.04 Å². The Kier molecular flexibility index (Phi) is 2.77. The molecule has 3 aliphatic rings. The first-order chi connectivity index (χ1) is 7.81. The van der Waals surface area contributed by atoms with Gasteiger partial charge >= 0.3 is 5.97 Å². The summed E-state index contributed by atoms with van der Waals surface area (Å²) in [6.45, 7) is 1.27. The van der Waals surface area contributed by atoms with E-state index in [2.05, 4.69) is 10.2 Å². The summed E-state index contributed by atoms with van der Waals surface area (Å²) in [5.74, 6) is 0.131. The highest BCUT2D eigenvalue weighted by Crippen LogP contribution is 2.48. The lowest BCUT2D eigenvalue weighted by Gasteiger charge is -2.24. The zero-order valence-electron chi connectivity index (χ0n) is 9.06. The van der Waals surface area contributed by atoms with E-state index >= 15 is 0 Å². The van der Waals surface area contributed by atoms with Crippen molar-refractivity contribution in [3.63, 3.8) is 0 Å². The Hall–Kier alpha value is -0.393. The van der Waals surface area contributed by atoms with Crippen LogP contribution in [-0.4, -0.2) is 47.7 Å². The number of fused-ring (bicyclic) bond motifs is 5. The lowest BCUT2D eigenvalue weighted by molar-refractivity contribution is -0.145. The molecule has 5 unspecified atom stereocenters. The Bertz CT molecular complexity index is 296. The number of hydrogen-bond donors (Lipinski definition) is 0. The fraction of sp³-hybridized carbons (Fsp3) is 0.909. The summed E-state index contributed by atoms with van der Waals surface area (Å²) in [5, 5.41) is 0. The molecule has 0 N–H and O–H groups in total. The van der Waals surface area contributed by atoms with E-state index in [1.54, 1.807) is 0 Å². The highest BCUT2D eigenvalue weighted by atomic mass is 28.1. The van der Waals surface area contributed by atoms with Gasteiger partial charge < -0.3 is 14.2 Å². The molecule has 3 fully saturated rings. The van der Waals surface area contributed by atoms with Crippen LogP contribution in [0.3, 0.4) is 0 Å². The number of hydrogen-bond acceptors (Lipinski definition) is 4. The molecule has 0 spiro atoms. The molecule has 0 aromatic rings. The Labute approximate surface area is 98.0 Å². The van der Waals surface area contributed by atoms with Gasteiger partial charge in [0.05, 0.1) is 30.8 Å². The van der Waals surface area contributed by atoms with Crippen molar-refractivity contribution in [3.05, 3.63) is 0 Å². The van der Waals surface area contributed by atoms with E-state index in [0.29, 0.717) is 6.61 Å². The molecule has 0 aromatic carbocycles. The van der Waals surface area contributed by atoms with E-state index in [1.807, 2.05) is 0 Å². The maximum Gasteiger partial charge on any atom is 0.312 e. The highest BCUT2D eigenvalue weighted by Gasteiger charge is 2.61. The van der Waals surface area contributed by atoms with Gasteiger partial charge in [-0.3, -0.25) is 4.79 Å². The summed E-state index contributed by atoms with van der Waals surface area (Å²) in [6, 6.07) is 0.940. The van der Waals surface area contributed by atoms with Gasteiger partial charge in [0.25, 0.3) is 0 Å². The summed E-state index contributed by atoms with van der Waals surface area (Å²) in [4.78, 5) is 11.6. The monoisotopic (exact) mass is 239 g/mol. The van der Waals surface area contributed by atoms with Crippen molar-refractivity contribution in [3.8, 4) is 0 Å². The van der Waals surface area contributed by atoms with Crippen LogP contribution in [0, 0.1) is 11.8 Å². The second-order valence-corrected chi connectivity index (χ2v) is 5.21. The van der Waals surface area contributed by atoms with Crippen molar-refractivity contribution >= 4 is 16.2 Å². The van der Waals surface area contributed by atoms with Crippen LogP contribution < -0.4 is 0 Å². The van der Waals surface area contributed by atoms with E-state index in [-0.39, 0.29) is 36.1 Å². The van der Waals surface area contributed by atoms with E-state index in [1.165, 1.54) is 0 Å². The smallest absolute Gasteiger partial charge is 0.312 e. The van der Waals surface area contributed by atoms with Gasteiger partial charge in [-0.25, -0.2) is 0 Å². The zero-order chi connectivity index (χ0) is 11.1. The minimum atomic E-state index is -0.0917. The SMILES string of the molecule is O=C1OCC2C3CC(OCCC[Si])C(O3)C12. The number of ether oxygens (including phenoxy) is 3. The van der Waals surface area contributed by atoms with Gasteiger partial charge in [0.15, 0.2) is 0 Å². The molecular formula is C11H15O4Si. The second-order valence-electron chi connectivity index (χ2n) is 4.71. The molecule has 3 rings (SSSR count). The third kappa shape index (κ3) is 1.53. The van der Waals surface area contributed by atoms with E-state index in [0.717, 1.165) is 25.5 Å². The van der Waals surface area contributed by atoms with Gasteiger partial charge in [0, 0.05) is 29.2 Å². The van der Waals surface area contributed by atoms with Gasteiger partial charge in [0.1, 0.15) is 0 Å². The summed E-state index contributed by atoms with van der Waals surface area (Å²) in [5.41, 5.74) is 0. The molecular weight excluding hydrogens is 224 g/mol. The number of esters is 1. The molecule has 3 heterocycles. The molecule has 4 nitrogen and oxygen atoms in total. The normalized spacial score (nSPS) is 44.8. The number of cyclic esters (lactones) is 1. The molecule has 0 aliphatic carbocycles. The van der Waals surface area contributed by atoms with Crippen LogP contribution >= 0.6 is 0 Å². The Balaban J connectivity index is 1.62. The molecule has 5 heteroatoms. The van der Waals surface area contributed by atoms with Crippen LogP contribution in [0.5, 0.6) is 0 Å². The molecule has 2 bridgehead atoms. The maximum atomic E-state index is 11.6. The van der Waals surface area contributed by atoms with E-state index < -0.39 is 0 Å². The minimum absolute atomic E-state index is 0.0558. The number of rotatable bonds is 4. The molecule has 3 radical (unpaired) electrons. The summed E-state index contributed by atoms with van der Waals surface area (Å²) in [6.07, 6.45) is 2.12. The summed E-state index contributed by atoms with van der Waals surface area (Å²) >= 11 is 0. The number of carbonyl (C=O) groups excluding carboxylic acids is 1. The third-order valence-corrected chi connectivity index (χ3v) is 4.15. The highest BCUT2D eigenvalue weighted by molar-refractivity contribution is 6.08. The lowest BCUT2D eigenvalue weighted by atomic mass is 9.80. The molecule has 16 heavy (non-hydrogen) atoms. The lowest BCUT2D eigenvalue weighted by Crippen LogP contribution is -2.39. The quantitative estimate of drug-likeness (QED) is 0.402. The van der Waals surface area contributed by atoms with Gasteiger partial charge in [-0.15, -0.1) is 0 Å². The Morgan fingerprint density at radius 3 is 3.19 bits per heavy atom. The zero-order valence-corrected chi connectivity index (χ0v) is 10.1. The first-order valence-corrected chi connectivity index (χ1v) is 6.60. The van der Waals surface area contributed by atoms with Crippen LogP contribution in [0.4, 0.5) is 0 Å². The third-order valence-electron chi connectivity index (χ3n) is 3.80. The fourth-order valence-corrected chi connectivity index (χ4v) is 3.18. The number of carbonyl (C=O) groups is 1. The van der Waals surface area contributed by atoms with Crippen molar-refractivity contribution in [2.24, 2.45) is 11.8 Å². The predicted molar refractivity (Wildman–Crippen MR) is 56.1 cm³/mol. The van der Waals surface area contributed by atoms with Crippen LogP contribution in [0.1, 0.15) is 12.8 Å². The van der Waals surface area contributed by atoms with Crippen molar-refractivity contribution in [2.75, 3.05) is 13.2 Å². The Morgan fingerprint density at radius 1 is 1.50 bits per heavy atom. The van der Waals surface area contributed by atoms with Crippen molar-refractivity contribution < 1.29 is 19.0 Å². The standard InChI is InChI=1S/C11H15O4Si/c12-11-9-6(5-14-11)7-4-8(10(9)15-7)13-2-1-3-16/h6-10H,1-5H2. The molecule has 0 saturated carbocycles. The average molecular weight is 239 g/mol. The first-order valence-electron chi connectivity index (χ1n) is 5.89.